The monoisotopic (exact) mass is 193 g/mol. The Hall–Kier alpha value is -0.860. The van der Waals surface area contributed by atoms with E-state index in [4.69, 9.17) is 10.8 Å². The minimum absolute atomic E-state index is 0.00266. The minimum Gasteiger partial charge on any atom is -0.394 e. The summed E-state index contributed by atoms with van der Waals surface area (Å²) in [6.07, 6.45) is 1.14. The van der Waals surface area contributed by atoms with E-state index in [1.54, 1.807) is 0 Å². The van der Waals surface area contributed by atoms with Gasteiger partial charge in [-0.05, 0) is 23.5 Å². The van der Waals surface area contributed by atoms with Crippen LogP contribution in [0.5, 0.6) is 0 Å². The Balaban J connectivity index is 2.78. The molecule has 2 atom stereocenters. The minimum atomic E-state index is -0.249. The van der Waals surface area contributed by atoms with Crippen LogP contribution in [0.4, 0.5) is 0 Å². The van der Waals surface area contributed by atoms with Gasteiger partial charge >= 0.3 is 0 Å². The highest BCUT2D eigenvalue weighted by atomic mass is 16.3. The number of hydrogen-bond acceptors (Lipinski definition) is 2. The molecule has 0 aliphatic heterocycles. The average molecular weight is 193 g/mol. The first-order valence-electron chi connectivity index (χ1n) is 5.15. The second kappa shape index (κ2) is 5.13. The van der Waals surface area contributed by atoms with Crippen LogP contribution in [0.25, 0.3) is 0 Å². The van der Waals surface area contributed by atoms with Gasteiger partial charge in [0.15, 0.2) is 0 Å². The van der Waals surface area contributed by atoms with Gasteiger partial charge in [-0.2, -0.15) is 0 Å². The number of aliphatic hydroxyl groups is 1. The molecule has 2 unspecified atom stereocenters. The molecule has 3 N–H and O–H groups in total. The lowest BCUT2D eigenvalue weighted by Gasteiger charge is -2.12. The molecule has 1 rings (SSSR count). The summed E-state index contributed by atoms with van der Waals surface area (Å²) in [6.45, 7) is 4.39. The molecule has 0 saturated heterocycles. The van der Waals surface area contributed by atoms with Crippen molar-refractivity contribution in [2.75, 3.05) is 6.61 Å². The highest BCUT2D eigenvalue weighted by Crippen LogP contribution is 2.20. The van der Waals surface area contributed by atoms with Gasteiger partial charge < -0.3 is 10.8 Å². The summed E-state index contributed by atoms with van der Waals surface area (Å²) in [5, 5.41) is 8.89. The van der Waals surface area contributed by atoms with E-state index in [2.05, 4.69) is 26.0 Å². The topological polar surface area (TPSA) is 46.2 Å². The summed E-state index contributed by atoms with van der Waals surface area (Å²) in [4.78, 5) is 0. The summed E-state index contributed by atoms with van der Waals surface area (Å²) in [5.74, 6) is 0.592. The van der Waals surface area contributed by atoms with E-state index in [0.29, 0.717) is 5.92 Å². The molecule has 2 heteroatoms. The average Bonchev–Trinajstić information content (AvgIpc) is 2.27. The van der Waals surface area contributed by atoms with E-state index in [1.165, 1.54) is 5.56 Å². The van der Waals surface area contributed by atoms with Crippen LogP contribution in [0.15, 0.2) is 24.3 Å². The molecule has 0 saturated carbocycles. The first-order valence-corrected chi connectivity index (χ1v) is 5.15. The number of benzene rings is 1. The van der Waals surface area contributed by atoms with Crippen LogP contribution in [0.3, 0.4) is 0 Å². The maximum absolute atomic E-state index is 8.89. The predicted molar refractivity (Wildman–Crippen MR) is 59.2 cm³/mol. The molecule has 0 aliphatic rings. The van der Waals surface area contributed by atoms with E-state index >= 15 is 0 Å². The molecule has 78 valence electrons. The standard InChI is InChI=1S/C12H19NO/c1-3-9(2)10-4-6-11(7-5-10)12(13)8-14/h4-7,9,12,14H,3,8,13H2,1-2H3. The molecule has 0 aromatic heterocycles. The van der Waals surface area contributed by atoms with Crippen molar-refractivity contribution in [3.8, 4) is 0 Å². The molecule has 0 heterocycles. The van der Waals surface area contributed by atoms with Gasteiger partial charge in [0.2, 0.25) is 0 Å². The van der Waals surface area contributed by atoms with Crippen LogP contribution in [0.2, 0.25) is 0 Å². The van der Waals surface area contributed by atoms with Crippen molar-refractivity contribution in [3.63, 3.8) is 0 Å². The Kier molecular flexibility index (Phi) is 4.11. The summed E-state index contributed by atoms with van der Waals surface area (Å²) >= 11 is 0. The number of aliphatic hydroxyl groups excluding tert-OH is 1. The van der Waals surface area contributed by atoms with Crippen molar-refractivity contribution in [3.05, 3.63) is 35.4 Å². The van der Waals surface area contributed by atoms with Gasteiger partial charge in [-0.3, -0.25) is 0 Å². The van der Waals surface area contributed by atoms with Gasteiger partial charge in [-0.25, -0.2) is 0 Å². The summed E-state index contributed by atoms with van der Waals surface area (Å²) in [6, 6.07) is 7.95. The fourth-order valence-electron chi connectivity index (χ4n) is 1.41. The Morgan fingerprint density at radius 2 is 1.71 bits per heavy atom. The molecule has 14 heavy (non-hydrogen) atoms. The SMILES string of the molecule is CCC(C)c1ccc(C(N)CO)cc1. The normalized spacial score (nSPS) is 15.1. The first-order chi connectivity index (χ1) is 6.69. The van der Waals surface area contributed by atoms with E-state index in [9.17, 15) is 0 Å². The smallest absolute Gasteiger partial charge is 0.0624 e. The van der Waals surface area contributed by atoms with Gasteiger partial charge in [-0.1, -0.05) is 38.1 Å². The van der Waals surface area contributed by atoms with Crippen molar-refractivity contribution >= 4 is 0 Å². The molecule has 0 bridgehead atoms. The van der Waals surface area contributed by atoms with Crippen LogP contribution in [-0.4, -0.2) is 11.7 Å². The highest BCUT2D eigenvalue weighted by Gasteiger charge is 2.06. The van der Waals surface area contributed by atoms with E-state index < -0.39 is 0 Å². The maximum Gasteiger partial charge on any atom is 0.0624 e. The van der Waals surface area contributed by atoms with Gasteiger partial charge in [0.05, 0.1) is 12.6 Å². The van der Waals surface area contributed by atoms with E-state index in [-0.39, 0.29) is 12.6 Å². The summed E-state index contributed by atoms with van der Waals surface area (Å²) < 4.78 is 0. The van der Waals surface area contributed by atoms with Crippen molar-refractivity contribution in [1.29, 1.82) is 0 Å². The molecule has 2 nitrogen and oxygen atoms in total. The molecule has 1 aromatic carbocycles. The molecular weight excluding hydrogens is 174 g/mol. The Bertz CT molecular complexity index is 239. The molecule has 0 fully saturated rings. The third kappa shape index (κ3) is 2.56. The number of nitrogens with two attached hydrogens (primary N) is 1. The third-order valence-electron chi connectivity index (χ3n) is 2.74. The highest BCUT2D eigenvalue weighted by molar-refractivity contribution is 5.26. The molecule has 1 aromatic rings. The van der Waals surface area contributed by atoms with Crippen molar-refractivity contribution < 1.29 is 5.11 Å². The zero-order chi connectivity index (χ0) is 10.6. The van der Waals surface area contributed by atoms with Crippen molar-refractivity contribution in [2.45, 2.75) is 32.2 Å². The van der Waals surface area contributed by atoms with Crippen LogP contribution < -0.4 is 5.73 Å². The number of rotatable bonds is 4. The number of hydrogen-bond donors (Lipinski definition) is 2. The molecule has 0 radical (unpaired) electrons. The summed E-state index contributed by atoms with van der Waals surface area (Å²) in [5.41, 5.74) is 8.04. The van der Waals surface area contributed by atoms with Crippen LogP contribution in [-0.2, 0) is 0 Å². The zero-order valence-corrected chi connectivity index (χ0v) is 8.90. The largest absolute Gasteiger partial charge is 0.394 e. The van der Waals surface area contributed by atoms with Gasteiger partial charge in [-0.15, -0.1) is 0 Å². The molecule has 0 spiro atoms. The van der Waals surface area contributed by atoms with E-state index in [1.807, 2.05) is 12.1 Å². The maximum atomic E-state index is 8.89. The van der Waals surface area contributed by atoms with E-state index in [0.717, 1.165) is 12.0 Å². The quantitative estimate of drug-likeness (QED) is 0.770. The Morgan fingerprint density at radius 3 is 2.14 bits per heavy atom. The Labute approximate surface area is 85.8 Å². The van der Waals surface area contributed by atoms with Crippen LogP contribution in [0.1, 0.15) is 43.4 Å². The second-order valence-corrected chi connectivity index (χ2v) is 3.77. The lowest BCUT2D eigenvalue weighted by molar-refractivity contribution is 0.268. The lowest BCUT2D eigenvalue weighted by Crippen LogP contribution is -2.14. The van der Waals surface area contributed by atoms with Gasteiger partial charge in [0, 0.05) is 0 Å². The molecular formula is C12H19NO. The molecule has 0 amide bonds. The lowest BCUT2D eigenvalue weighted by atomic mass is 9.96. The van der Waals surface area contributed by atoms with Crippen molar-refractivity contribution in [1.82, 2.24) is 0 Å². The predicted octanol–water partition coefficient (Wildman–Crippen LogP) is 2.19. The fraction of sp³-hybridized carbons (Fsp3) is 0.500. The van der Waals surface area contributed by atoms with Crippen molar-refractivity contribution in [2.24, 2.45) is 5.73 Å². The molecule has 0 aliphatic carbocycles. The summed E-state index contributed by atoms with van der Waals surface area (Å²) in [7, 11) is 0. The fourth-order valence-corrected chi connectivity index (χ4v) is 1.41. The Morgan fingerprint density at radius 1 is 1.21 bits per heavy atom. The zero-order valence-electron chi connectivity index (χ0n) is 8.90. The van der Waals surface area contributed by atoms with Crippen LogP contribution >= 0.6 is 0 Å². The second-order valence-electron chi connectivity index (χ2n) is 3.77. The van der Waals surface area contributed by atoms with Crippen LogP contribution in [0, 0.1) is 0 Å². The van der Waals surface area contributed by atoms with Gasteiger partial charge in [0.25, 0.3) is 0 Å². The first kappa shape index (κ1) is 11.2. The third-order valence-corrected chi connectivity index (χ3v) is 2.74. The van der Waals surface area contributed by atoms with Gasteiger partial charge in [0.1, 0.15) is 0 Å².